The quantitative estimate of drug-likeness (QED) is 0.881. The minimum absolute atomic E-state index is 0.134. The second-order valence-corrected chi connectivity index (χ2v) is 7.40. The second kappa shape index (κ2) is 5.54. The molecule has 0 aromatic heterocycles. The summed E-state index contributed by atoms with van der Waals surface area (Å²) in [6, 6.07) is 6.02. The van der Waals surface area contributed by atoms with Crippen LogP contribution in [0.4, 0.5) is 0 Å². The largest absolute Gasteiger partial charge is 0.391 e. The van der Waals surface area contributed by atoms with Gasteiger partial charge in [-0.1, -0.05) is 13.0 Å². The average Bonchev–Trinajstić information content (AvgIpc) is 2.40. The molecule has 2 rings (SSSR count). The highest BCUT2D eigenvalue weighted by atomic mass is 32.2. The molecule has 6 heteroatoms. The highest BCUT2D eigenvalue weighted by Crippen LogP contribution is 2.20. The summed E-state index contributed by atoms with van der Waals surface area (Å²) in [5, 5.41) is 9.84. The van der Waals surface area contributed by atoms with Crippen molar-refractivity contribution in [2.45, 2.75) is 24.3 Å². The molecule has 0 bridgehead atoms. The molecule has 20 heavy (non-hydrogen) atoms. The molecule has 1 aromatic carbocycles. The van der Waals surface area contributed by atoms with E-state index in [0.717, 1.165) is 12.7 Å². The Balaban J connectivity index is 2.22. The van der Waals surface area contributed by atoms with E-state index < -0.39 is 15.9 Å². The minimum Gasteiger partial charge on any atom is -0.391 e. The molecule has 2 unspecified atom stereocenters. The molecule has 0 aliphatic carbocycles. The Morgan fingerprint density at radius 1 is 1.40 bits per heavy atom. The SMILES string of the molecule is CC1CCN(C(=O)c2cccc(S(C)(=O)=O)c2)CC1O. The normalized spacial score (nSPS) is 23.6. The molecule has 1 N–H and O–H groups in total. The van der Waals surface area contributed by atoms with Crippen LogP contribution in [0.3, 0.4) is 0 Å². The van der Waals surface area contributed by atoms with Crippen molar-refractivity contribution in [3.8, 4) is 0 Å². The van der Waals surface area contributed by atoms with Crippen LogP contribution in [0.2, 0.25) is 0 Å². The summed E-state index contributed by atoms with van der Waals surface area (Å²) < 4.78 is 23.0. The van der Waals surface area contributed by atoms with Crippen LogP contribution >= 0.6 is 0 Å². The molecule has 1 saturated heterocycles. The van der Waals surface area contributed by atoms with Crippen LogP contribution in [-0.2, 0) is 9.84 Å². The minimum atomic E-state index is -3.33. The van der Waals surface area contributed by atoms with Gasteiger partial charge in [-0.05, 0) is 30.5 Å². The van der Waals surface area contributed by atoms with Crippen molar-refractivity contribution in [2.75, 3.05) is 19.3 Å². The first-order chi connectivity index (χ1) is 9.29. The number of hydrogen-bond acceptors (Lipinski definition) is 4. The first-order valence-corrected chi connectivity index (χ1v) is 8.45. The molecule has 1 aliphatic heterocycles. The van der Waals surface area contributed by atoms with Crippen molar-refractivity contribution in [3.05, 3.63) is 29.8 Å². The number of carbonyl (C=O) groups excluding carboxylic acids is 1. The lowest BCUT2D eigenvalue weighted by atomic mass is 9.95. The maximum atomic E-state index is 12.4. The second-order valence-electron chi connectivity index (χ2n) is 5.38. The van der Waals surface area contributed by atoms with Crippen molar-refractivity contribution in [3.63, 3.8) is 0 Å². The zero-order valence-corrected chi connectivity index (χ0v) is 12.4. The summed E-state index contributed by atoms with van der Waals surface area (Å²) in [4.78, 5) is 14.1. The fraction of sp³-hybridized carbons (Fsp3) is 0.500. The molecule has 110 valence electrons. The number of aliphatic hydroxyl groups excluding tert-OH is 1. The standard InChI is InChI=1S/C14H19NO4S/c1-10-6-7-15(9-13(10)16)14(17)11-4-3-5-12(8-11)20(2,18)19/h3-5,8,10,13,16H,6-7,9H2,1-2H3. The van der Waals surface area contributed by atoms with Gasteiger partial charge in [0.25, 0.3) is 5.91 Å². The van der Waals surface area contributed by atoms with E-state index in [0.29, 0.717) is 18.7 Å². The lowest BCUT2D eigenvalue weighted by Crippen LogP contribution is -2.45. The number of amides is 1. The number of hydrogen-bond donors (Lipinski definition) is 1. The van der Waals surface area contributed by atoms with Gasteiger partial charge in [0.2, 0.25) is 0 Å². The Morgan fingerprint density at radius 3 is 2.70 bits per heavy atom. The summed E-state index contributed by atoms with van der Waals surface area (Å²) in [6.45, 7) is 2.83. The van der Waals surface area contributed by atoms with Crippen molar-refractivity contribution >= 4 is 15.7 Å². The van der Waals surface area contributed by atoms with Crippen LogP contribution in [0.25, 0.3) is 0 Å². The number of sulfone groups is 1. The number of likely N-dealkylation sites (tertiary alicyclic amines) is 1. The highest BCUT2D eigenvalue weighted by molar-refractivity contribution is 7.90. The van der Waals surface area contributed by atoms with Crippen molar-refractivity contribution < 1.29 is 18.3 Å². The predicted molar refractivity (Wildman–Crippen MR) is 75.2 cm³/mol. The molecule has 1 aromatic rings. The van der Waals surface area contributed by atoms with E-state index in [2.05, 4.69) is 0 Å². The maximum Gasteiger partial charge on any atom is 0.253 e. The van der Waals surface area contributed by atoms with Gasteiger partial charge in [-0.25, -0.2) is 8.42 Å². The topological polar surface area (TPSA) is 74.7 Å². The fourth-order valence-electron chi connectivity index (χ4n) is 2.28. The van der Waals surface area contributed by atoms with Crippen LogP contribution in [0.5, 0.6) is 0 Å². The van der Waals surface area contributed by atoms with Gasteiger partial charge in [-0.3, -0.25) is 4.79 Å². The number of aliphatic hydroxyl groups is 1. The number of rotatable bonds is 2. The van der Waals surface area contributed by atoms with Crippen molar-refractivity contribution in [1.29, 1.82) is 0 Å². The first-order valence-electron chi connectivity index (χ1n) is 6.56. The van der Waals surface area contributed by atoms with E-state index in [1.165, 1.54) is 12.1 Å². The first kappa shape index (κ1) is 15.0. The van der Waals surface area contributed by atoms with E-state index in [1.807, 2.05) is 6.92 Å². The Bertz CT molecular complexity index is 611. The van der Waals surface area contributed by atoms with Crippen molar-refractivity contribution in [1.82, 2.24) is 4.90 Å². The van der Waals surface area contributed by atoms with Crippen LogP contribution in [0.1, 0.15) is 23.7 Å². The van der Waals surface area contributed by atoms with E-state index >= 15 is 0 Å². The summed E-state index contributed by atoms with van der Waals surface area (Å²) in [6.07, 6.45) is 1.34. The van der Waals surface area contributed by atoms with Crippen LogP contribution in [0.15, 0.2) is 29.2 Å². The molecule has 1 amide bonds. The van der Waals surface area contributed by atoms with Gasteiger partial charge in [0, 0.05) is 24.9 Å². The number of β-amino-alcohol motifs (C(OH)–C–C–N with tert-alkyl or cyclic N) is 1. The maximum absolute atomic E-state index is 12.4. The zero-order valence-electron chi connectivity index (χ0n) is 11.6. The molecule has 5 nitrogen and oxygen atoms in total. The third-order valence-corrected chi connectivity index (χ3v) is 4.83. The van der Waals surface area contributed by atoms with Gasteiger partial charge in [0.1, 0.15) is 0 Å². The van der Waals surface area contributed by atoms with E-state index in [1.54, 1.807) is 17.0 Å². The van der Waals surface area contributed by atoms with Crippen molar-refractivity contribution in [2.24, 2.45) is 5.92 Å². The number of nitrogens with zero attached hydrogens (tertiary/aromatic N) is 1. The van der Waals surface area contributed by atoms with Crippen LogP contribution < -0.4 is 0 Å². The third kappa shape index (κ3) is 3.19. The predicted octanol–water partition coefficient (Wildman–Crippen LogP) is 0.933. The Kier molecular flexibility index (Phi) is 4.15. The lowest BCUT2D eigenvalue weighted by molar-refractivity contribution is 0.0248. The molecule has 0 spiro atoms. The monoisotopic (exact) mass is 297 g/mol. The average molecular weight is 297 g/mol. The number of piperidine rings is 1. The van der Waals surface area contributed by atoms with Gasteiger partial charge < -0.3 is 10.0 Å². The van der Waals surface area contributed by atoms with E-state index in [9.17, 15) is 18.3 Å². The summed E-state index contributed by atoms with van der Waals surface area (Å²) in [5.41, 5.74) is 0.342. The van der Waals surface area contributed by atoms with Gasteiger partial charge in [-0.2, -0.15) is 0 Å². The molecular weight excluding hydrogens is 278 g/mol. The lowest BCUT2D eigenvalue weighted by Gasteiger charge is -2.34. The van der Waals surface area contributed by atoms with Crippen LogP contribution in [0, 0.1) is 5.92 Å². The van der Waals surface area contributed by atoms with Gasteiger partial charge in [0.15, 0.2) is 9.84 Å². The van der Waals surface area contributed by atoms with Gasteiger partial charge in [-0.15, -0.1) is 0 Å². The van der Waals surface area contributed by atoms with Crippen LogP contribution in [-0.4, -0.2) is 49.8 Å². The Labute approximate surface area is 119 Å². The fourth-order valence-corrected chi connectivity index (χ4v) is 2.94. The third-order valence-electron chi connectivity index (χ3n) is 3.72. The molecule has 0 saturated carbocycles. The Morgan fingerprint density at radius 2 is 2.10 bits per heavy atom. The number of carbonyl (C=O) groups is 1. The van der Waals surface area contributed by atoms with E-state index in [-0.39, 0.29) is 16.7 Å². The Hall–Kier alpha value is -1.40. The summed E-state index contributed by atoms with van der Waals surface area (Å²) >= 11 is 0. The molecule has 1 aliphatic rings. The molecule has 2 atom stereocenters. The highest BCUT2D eigenvalue weighted by Gasteiger charge is 2.28. The summed E-state index contributed by atoms with van der Waals surface area (Å²) in [7, 11) is -3.33. The molecule has 1 heterocycles. The molecule has 1 fully saturated rings. The number of benzene rings is 1. The molecule has 0 radical (unpaired) electrons. The van der Waals surface area contributed by atoms with E-state index in [4.69, 9.17) is 0 Å². The van der Waals surface area contributed by atoms with Gasteiger partial charge >= 0.3 is 0 Å². The molecular formula is C14H19NO4S. The summed E-state index contributed by atoms with van der Waals surface area (Å²) in [5.74, 6) is -0.0529. The smallest absolute Gasteiger partial charge is 0.253 e. The van der Waals surface area contributed by atoms with Gasteiger partial charge in [0.05, 0.1) is 11.0 Å². The zero-order chi connectivity index (χ0) is 14.9.